The Morgan fingerprint density at radius 3 is 2.27 bits per heavy atom. The molecule has 0 saturated heterocycles. The molecular weight excluding hydrogens is 446 g/mol. The molecule has 9 nitrogen and oxygen atoms in total. The summed E-state index contributed by atoms with van der Waals surface area (Å²) in [6, 6.07) is 8.71. The third-order valence-electron chi connectivity index (χ3n) is 5.30. The molecule has 0 amide bonds. The summed E-state index contributed by atoms with van der Waals surface area (Å²) in [6.07, 6.45) is 0. The monoisotopic (exact) mass is 471 g/mol. The smallest absolute Gasteiger partial charge is 0.322 e. The van der Waals surface area contributed by atoms with Crippen molar-refractivity contribution in [3.05, 3.63) is 42.3 Å². The van der Waals surface area contributed by atoms with Crippen molar-refractivity contribution in [2.24, 2.45) is 5.92 Å². The summed E-state index contributed by atoms with van der Waals surface area (Å²) < 4.78 is 39.1. The van der Waals surface area contributed by atoms with Crippen LogP contribution in [-0.4, -0.2) is 35.7 Å². The summed E-state index contributed by atoms with van der Waals surface area (Å²) in [5, 5.41) is 14.9. The Morgan fingerprint density at radius 1 is 1.06 bits per heavy atom. The number of benzene rings is 2. The van der Waals surface area contributed by atoms with Crippen LogP contribution < -0.4 is 4.72 Å². The minimum atomic E-state index is -4.06. The Balaban J connectivity index is 1.72. The molecule has 0 aliphatic rings. The molecule has 0 aliphatic heterocycles. The highest BCUT2D eigenvalue weighted by Gasteiger charge is 2.28. The van der Waals surface area contributed by atoms with E-state index < -0.39 is 28.0 Å². The number of hydrogen-bond acceptors (Lipinski definition) is 7. The molecule has 2 N–H and O–H groups in total. The van der Waals surface area contributed by atoms with Crippen LogP contribution in [0.4, 0.5) is 0 Å². The van der Waals surface area contributed by atoms with E-state index in [1.165, 1.54) is 12.1 Å². The zero-order valence-corrected chi connectivity index (χ0v) is 19.7. The molecule has 0 fully saturated rings. The summed E-state index contributed by atoms with van der Waals surface area (Å²) in [4.78, 5) is 15.8. The van der Waals surface area contributed by atoms with Crippen LogP contribution in [0.2, 0.25) is 0 Å². The van der Waals surface area contributed by atoms with E-state index >= 15 is 0 Å². The maximum atomic E-state index is 12.8. The van der Waals surface area contributed by atoms with E-state index in [4.69, 9.17) is 8.94 Å². The molecular formula is C23H25N3O6S. The number of carbonyl (C=O) groups is 1. The average molecular weight is 472 g/mol. The number of rotatable bonds is 6. The third-order valence-corrected chi connectivity index (χ3v) is 6.73. The van der Waals surface area contributed by atoms with Crippen LogP contribution in [0, 0.1) is 5.92 Å². The Kier molecular flexibility index (Phi) is 5.53. The molecule has 33 heavy (non-hydrogen) atoms. The van der Waals surface area contributed by atoms with Gasteiger partial charge in [-0.05, 0) is 30.2 Å². The van der Waals surface area contributed by atoms with Crippen LogP contribution >= 0.6 is 0 Å². The lowest BCUT2D eigenvalue weighted by molar-refractivity contribution is -0.140. The largest absolute Gasteiger partial charge is 0.480 e. The van der Waals surface area contributed by atoms with Gasteiger partial charge in [-0.3, -0.25) is 4.79 Å². The summed E-state index contributed by atoms with van der Waals surface area (Å²) >= 11 is 0. The van der Waals surface area contributed by atoms with Crippen molar-refractivity contribution in [1.82, 2.24) is 14.9 Å². The van der Waals surface area contributed by atoms with E-state index in [-0.39, 0.29) is 10.3 Å². The molecule has 0 unspecified atom stereocenters. The highest BCUT2D eigenvalue weighted by atomic mass is 32.2. The molecule has 4 aromatic rings. The van der Waals surface area contributed by atoms with E-state index in [0.717, 1.165) is 10.8 Å². The average Bonchev–Trinajstić information content (AvgIpc) is 3.35. The number of sulfonamides is 1. The molecule has 2 heterocycles. The SMILES string of the molecule is CC(C)[C@H](NS(=O)(=O)c1ccc2c(c1)oc1cc(-c3noc(C(C)(C)C)n3)ccc12)C(=O)O. The predicted octanol–water partition coefficient (Wildman–Crippen LogP) is 4.32. The van der Waals surface area contributed by atoms with Crippen molar-refractivity contribution in [3.63, 3.8) is 0 Å². The quantitative estimate of drug-likeness (QED) is 0.424. The molecule has 0 radical (unpaired) electrons. The lowest BCUT2D eigenvalue weighted by Crippen LogP contribution is -2.44. The highest BCUT2D eigenvalue weighted by Crippen LogP contribution is 2.33. The summed E-state index contributed by atoms with van der Waals surface area (Å²) in [5.41, 5.74) is 1.33. The highest BCUT2D eigenvalue weighted by molar-refractivity contribution is 7.89. The van der Waals surface area contributed by atoms with Crippen molar-refractivity contribution in [1.29, 1.82) is 0 Å². The van der Waals surface area contributed by atoms with E-state index in [1.54, 1.807) is 26.0 Å². The van der Waals surface area contributed by atoms with Crippen LogP contribution in [0.3, 0.4) is 0 Å². The molecule has 0 aliphatic carbocycles. The van der Waals surface area contributed by atoms with Crippen molar-refractivity contribution < 1.29 is 27.3 Å². The first kappa shape index (κ1) is 22.9. The third kappa shape index (κ3) is 4.36. The fourth-order valence-corrected chi connectivity index (χ4v) is 4.77. The number of nitrogens with one attached hydrogen (secondary N) is 1. The molecule has 0 saturated carbocycles. The minimum absolute atomic E-state index is 0.0748. The van der Waals surface area contributed by atoms with Gasteiger partial charge in [-0.2, -0.15) is 9.71 Å². The van der Waals surface area contributed by atoms with Gasteiger partial charge >= 0.3 is 5.97 Å². The lowest BCUT2D eigenvalue weighted by atomic mass is 9.97. The van der Waals surface area contributed by atoms with E-state index in [2.05, 4.69) is 14.9 Å². The number of aromatic nitrogens is 2. The number of aliphatic carboxylic acids is 1. The van der Waals surface area contributed by atoms with Gasteiger partial charge in [0.2, 0.25) is 21.7 Å². The molecule has 1 atom stereocenters. The van der Waals surface area contributed by atoms with Gasteiger partial charge in [-0.25, -0.2) is 8.42 Å². The maximum Gasteiger partial charge on any atom is 0.322 e. The number of fused-ring (bicyclic) bond motifs is 3. The number of carboxylic acids is 1. The van der Waals surface area contributed by atoms with E-state index in [0.29, 0.717) is 28.4 Å². The molecule has 0 bridgehead atoms. The molecule has 0 spiro atoms. The topological polar surface area (TPSA) is 136 Å². The minimum Gasteiger partial charge on any atom is -0.480 e. The Bertz CT molecular complexity index is 1460. The van der Waals surface area contributed by atoms with Crippen molar-refractivity contribution in [3.8, 4) is 11.4 Å². The first-order chi connectivity index (χ1) is 15.4. The second kappa shape index (κ2) is 7.96. The first-order valence-corrected chi connectivity index (χ1v) is 11.9. The molecule has 174 valence electrons. The van der Waals surface area contributed by atoms with Gasteiger partial charge in [0.05, 0.1) is 4.90 Å². The van der Waals surface area contributed by atoms with Crippen molar-refractivity contribution >= 4 is 37.9 Å². The zero-order valence-electron chi connectivity index (χ0n) is 18.9. The predicted molar refractivity (Wildman–Crippen MR) is 122 cm³/mol. The van der Waals surface area contributed by atoms with Crippen molar-refractivity contribution in [2.45, 2.75) is 51.0 Å². The van der Waals surface area contributed by atoms with Gasteiger partial charge in [-0.15, -0.1) is 0 Å². The lowest BCUT2D eigenvalue weighted by Gasteiger charge is -2.17. The van der Waals surface area contributed by atoms with Gasteiger partial charge in [0.1, 0.15) is 17.2 Å². The van der Waals surface area contributed by atoms with Gasteiger partial charge < -0.3 is 14.0 Å². The van der Waals surface area contributed by atoms with Gasteiger partial charge in [-0.1, -0.05) is 45.8 Å². The van der Waals surface area contributed by atoms with Crippen LogP contribution in [0.5, 0.6) is 0 Å². The molecule has 4 rings (SSSR count). The van der Waals surface area contributed by atoms with E-state index in [1.807, 2.05) is 32.9 Å². The van der Waals surface area contributed by atoms with Gasteiger partial charge in [0.25, 0.3) is 0 Å². The van der Waals surface area contributed by atoms with Crippen LogP contribution in [0.25, 0.3) is 33.3 Å². The van der Waals surface area contributed by atoms with E-state index in [9.17, 15) is 18.3 Å². The molecule has 2 aromatic carbocycles. The zero-order chi connectivity index (χ0) is 24.1. The van der Waals surface area contributed by atoms with Crippen LogP contribution in [0.15, 0.2) is 50.2 Å². The van der Waals surface area contributed by atoms with Crippen LogP contribution in [0.1, 0.15) is 40.5 Å². The molecule has 10 heteroatoms. The second-order valence-corrected chi connectivity index (χ2v) is 11.0. The number of carboxylic acid groups (broad SMARTS) is 1. The van der Waals surface area contributed by atoms with Gasteiger partial charge in [0, 0.05) is 27.8 Å². The number of hydrogen-bond donors (Lipinski definition) is 2. The van der Waals surface area contributed by atoms with Crippen molar-refractivity contribution in [2.75, 3.05) is 0 Å². The fraction of sp³-hybridized carbons (Fsp3) is 0.348. The molecule has 2 aromatic heterocycles. The summed E-state index contributed by atoms with van der Waals surface area (Å²) in [5.74, 6) is -0.703. The first-order valence-electron chi connectivity index (χ1n) is 10.4. The normalized spacial score (nSPS) is 13.8. The Hall–Kier alpha value is -3.24. The summed E-state index contributed by atoms with van der Waals surface area (Å²) in [6.45, 7) is 9.21. The number of furan rings is 1. The number of nitrogens with zero attached hydrogens (tertiary/aromatic N) is 2. The second-order valence-electron chi connectivity index (χ2n) is 9.33. The Labute approximate surface area is 190 Å². The van der Waals surface area contributed by atoms with Crippen LogP contribution in [-0.2, 0) is 20.2 Å². The standard InChI is InChI=1S/C23H25N3O6S/c1-12(2)19(21(27)28)26-33(29,30)14-7-9-16-15-8-6-13(10-17(15)31-18(16)11-14)20-24-22(32-25-20)23(3,4)5/h6-12,19,26H,1-5H3,(H,27,28)/t19-/m0/s1. The Morgan fingerprint density at radius 2 is 1.70 bits per heavy atom. The van der Waals surface area contributed by atoms with Gasteiger partial charge in [0.15, 0.2) is 0 Å². The fourth-order valence-electron chi connectivity index (χ4n) is 3.42. The maximum absolute atomic E-state index is 12.8. The summed E-state index contributed by atoms with van der Waals surface area (Å²) in [7, 11) is -4.06.